The van der Waals surface area contributed by atoms with Crippen molar-refractivity contribution in [3.63, 3.8) is 0 Å². The van der Waals surface area contributed by atoms with Gasteiger partial charge < -0.3 is 5.32 Å². The average molecular weight is 277 g/mol. The summed E-state index contributed by atoms with van der Waals surface area (Å²) in [6, 6.07) is 5.51. The van der Waals surface area contributed by atoms with Crippen LogP contribution in [0.1, 0.15) is 12.5 Å². The molecule has 1 amide bonds. The minimum absolute atomic E-state index is 0.0961. The molecular weight excluding hydrogens is 265 g/mol. The molecule has 0 aliphatic carbocycles. The first-order valence-corrected chi connectivity index (χ1v) is 5.52. The van der Waals surface area contributed by atoms with E-state index in [1.807, 2.05) is 19.1 Å². The van der Waals surface area contributed by atoms with Gasteiger partial charge in [0.2, 0.25) is 5.91 Å². The van der Waals surface area contributed by atoms with Crippen LogP contribution >= 0.6 is 27.5 Å². The van der Waals surface area contributed by atoms with Crippen LogP contribution in [-0.2, 0) is 4.79 Å². The number of benzene rings is 1. The SMILES string of the molecule is Cc1cccc(Cl)c1NC(=O)C(C)Br. The smallest absolute Gasteiger partial charge is 0.237 e. The lowest BCUT2D eigenvalue weighted by Gasteiger charge is -2.10. The van der Waals surface area contributed by atoms with E-state index in [9.17, 15) is 4.79 Å². The van der Waals surface area contributed by atoms with Gasteiger partial charge >= 0.3 is 0 Å². The maximum atomic E-state index is 11.4. The van der Waals surface area contributed by atoms with Gasteiger partial charge in [0, 0.05) is 0 Å². The molecule has 1 rings (SSSR count). The lowest BCUT2D eigenvalue weighted by Crippen LogP contribution is -2.20. The number of carbonyl (C=O) groups excluding carboxylic acids is 1. The van der Waals surface area contributed by atoms with Gasteiger partial charge in [-0.05, 0) is 25.5 Å². The number of alkyl halides is 1. The molecule has 0 bridgehead atoms. The van der Waals surface area contributed by atoms with Gasteiger partial charge in [0.25, 0.3) is 0 Å². The van der Waals surface area contributed by atoms with Crippen LogP contribution in [0.5, 0.6) is 0 Å². The summed E-state index contributed by atoms with van der Waals surface area (Å²) in [6.45, 7) is 3.67. The highest BCUT2D eigenvalue weighted by Crippen LogP contribution is 2.25. The second-order valence-electron chi connectivity index (χ2n) is 3.04. The van der Waals surface area contributed by atoms with Gasteiger partial charge in [-0.2, -0.15) is 0 Å². The maximum absolute atomic E-state index is 11.4. The van der Waals surface area contributed by atoms with Gasteiger partial charge in [-0.1, -0.05) is 39.7 Å². The molecule has 4 heteroatoms. The highest BCUT2D eigenvalue weighted by Gasteiger charge is 2.11. The Labute approximate surface area is 96.8 Å². The molecule has 1 unspecified atom stereocenters. The van der Waals surface area contributed by atoms with Crippen LogP contribution in [0.25, 0.3) is 0 Å². The van der Waals surface area contributed by atoms with Crippen LogP contribution in [-0.4, -0.2) is 10.7 Å². The fourth-order valence-electron chi connectivity index (χ4n) is 1.01. The van der Waals surface area contributed by atoms with Crippen LogP contribution in [0.4, 0.5) is 5.69 Å². The molecule has 14 heavy (non-hydrogen) atoms. The summed E-state index contributed by atoms with van der Waals surface area (Å²) in [5.41, 5.74) is 1.64. The molecule has 1 aromatic carbocycles. The predicted molar refractivity (Wildman–Crippen MR) is 63.2 cm³/mol. The number of aryl methyl sites for hydroxylation is 1. The number of halogens is 2. The molecule has 0 spiro atoms. The predicted octanol–water partition coefficient (Wildman–Crippen LogP) is 3.37. The van der Waals surface area contributed by atoms with Crippen LogP contribution in [0, 0.1) is 6.92 Å². The monoisotopic (exact) mass is 275 g/mol. The first-order chi connectivity index (χ1) is 6.52. The number of anilines is 1. The third-order valence-electron chi connectivity index (χ3n) is 1.83. The Morgan fingerprint density at radius 2 is 2.21 bits per heavy atom. The fraction of sp³-hybridized carbons (Fsp3) is 0.300. The minimum Gasteiger partial charge on any atom is -0.324 e. The molecule has 1 N–H and O–H groups in total. The Kier molecular flexibility index (Phi) is 3.96. The van der Waals surface area contributed by atoms with Crippen LogP contribution in [0.2, 0.25) is 5.02 Å². The van der Waals surface area contributed by atoms with E-state index < -0.39 is 0 Å². The van der Waals surface area contributed by atoms with Crippen LogP contribution < -0.4 is 5.32 Å². The molecule has 0 aliphatic heterocycles. The molecule has 1 atom stereocenters. The van der Waals surface area contributed by atoms with Crippen LogP contribution in [0.3, 0.4) is 0 Å². The quantitative estimate of drug-likeness (QED) is 0.825. The first kappa shape index (κ1) is 11.5. The van der Waals surface area contributed by atoms with E-state index in [4.69, 9.17) is 11.6 Å². The maximum Gasteiger partial charge on any atom is 0.237 e. The molecule has 0 aromatic heterocycles. The van der Waals surface area contributed by atoms with Crippen molar-refractivity contribution in [3.8, 4) is 0 Å². The number of hydrogen-bond acceptors (Lipinski definition) is 1. The first-order valence-electron chi connectivity index (χ1n) is 4.22. The normalized spacial score (nSPS) is 12.3. The minimum atomic E-state index is -0.224. The van der Waals surface area contributed by atoms with E-state index in [1.165, 1.54) is 0 Å². The number of amides is 1. The number of rotatable bonds is 2. The molecule has 0 radical (unpaired) electrons. The topological polar surface area (TPSA) is 29.1 Å². The van der Waals surface area contributed by atoms with E-state index >= 15 is 0 Å². The van der Waals surface area contributed by atoms with E-state index in [0.717, 1.165) is 5.56 Å². The zero-order chi connectivity index (χ0) is 10.7. The fourth-order valence-corrected chi connectivity index (χ4v) is 1.40. The van der Waals surface area contributed by atoms with Crippen molar-refractivity contribution in [1.82, 2.24) is 0 Å². The van der Waals surface area contributed by atoms with Crippen molar-refractivity contribution in [2.45, 2.75) is 18.7 Å². The summed E-state index contributed by atoms with van der Waals surface area (Å²) in [5.74, 6) is -0.0961. The third kappa shape index (κ3) is 2.72. The van der Waals surface area contributed by atoms with Crippen LogP contribution in [0.15, 0.2) is 18.2 Å². The number of carbonyl (C=O) groups is 1. The van der Waals surface area contributed by atoms with Gasteiger partial charge in [-0.15, -0.1) is 0 Å². The van der Waals surface area contributed by atoms with E-state index in [0.29, 0.717) is 10.7 Å². The number of para-hydroxylation sites is 1. The van der Waals surface area contributed by atoms with Crippen molar-refractivity contribution in [2.24, 2.45) is 0 Å². The third-order valence-corrected chi connectivity index (χ3v) is 2.56. The van der Waals surface area contributed by atoms with Gasteiger partial charge in [-0.3, -0.25) is 4.79 Å². The van der Waals surface area contributed by atoms with Crippen molar-refractivity contribution in [3.05, 3.63) is 28.8 Å². The van der Waals surface area contributed by atoms with E-state index in [2.05, 4.69) is 21.2 Å². The van der Waals surface area contributed by atoms with Crippen molar-refractivity contribution >= 4 is 39.1 Å². The zero-order valence-corrected chi connectivity index (χ0v) is 10.3. The molecule has 0 aliphatic rings. The van der Waals surface area contributed by atoms with Gasteiger partial charge in [0.05, 0.1) is 15.5 Å². The van der Waals surface area contributed by atoms with E-state index in [-0.39, 0.29) is 10.7 Å². The summed E-state index contributed by atoms with van der Waals surface area (Å²) in [7, 11) is 0. The summed E-state index contributed by atoms with van der Waals surface area (Å²) in [6.07, 6.45) is 0. The van der Waals surface area contributed by atoms with E-state index in [1.54, 1.807) is 13.0 Å². The second-order valence-corrected chi connectivity index (χ2v) is 4.82. The molecule has 1 aromatic rings. The Balaban J connectivity index is 2.91. The molecule has 0 saturated carbocycles. The van der Waals surface area contributed by atoms with Crippen molar-refractivity contribution in [1.29, 1.82) is 0 Å². The summed E-state index contributed by atoms with van der Waals surface area (Å²) < 4.78 is 0. The highest BCUT2D eigenvalue weighted by atomic mass is 79.9. The highest BCUT2D eigenvalue weighted by molar-refractivity contribution is 9.10. The zero-order valence-electron chi connectivity index (χ0n) is 7.97. The van der Waals surface area contributed by atoms with Gasteiger partial charge in [0.1, 0.15) is 0 Å². The largest absolute Gasteiger partial charge is 0.324 e. The Hall–Kier alpha value is -0.540. The molecule has 0 fully saturated rings. The Morgan fingerprint density at radius 3 is 2.71 bits per heavy atom. The van der Waals surface area contributed by atoms with Crippen molar-refractivity contribution in [2.75, 3.05) is 5.32 Å². The summed E-state index contributed by atoms with van der Waals surface area (Å²) >= 11 is 9.14. The summed E-state index contributed by atoms with van der Waals surface area (Å²) in [5, 5.41) is 3.32. The molecule has 76 valence electrons. The van der Waals surface area contributed by atoms with Crippen molar-refractivity contribution < 1.29 is 4.79 Å². The second kappa shape index (κ2) is 4.80. The lowest BCUT2D eigenvalue weighted by atomic mass is 10.2. The number of hydrogen-bond donors (Lipinski definition) is 1. The molecule has 0 heterocycles. The van der Waals surface area contributed by atoms with Gasteiger partial charge in [-0.25, -0.2) is 0 Å². The average Bonchev–Trinajstić information content (AvgIpc) is 2.11. The Morgan fingerprint density at radius 1 is 1.57 bits per heavy atom. The Bertz CT molecular complexity index is 332. The molecule has 2 nitrogen and oxygen atoms in total. The van der Waals surface area contributed by atoms with Gasteiger partial charge in [0.15, 0.2) is 0 Å². The standard InChI is InChI=1S/C10H11BrClNO/c1-6-4-3-5-8(12)9(6)13-10(14)7(2)11/h3-5,7H,1-2H3,(H,13,14). The summed E-state index contributed by atoms with van der Waals surface area (Å²) in [4.78, 5) is 11.2. The molecular formula is C10H11BrClNO. The lowest BCUT2D eigenvalue weighted by molar-refractivity contribution is -0.115. The number of nitrogens with one attached hydrogen (secondary N) is 1. The molecule has 0 saturated heterocycles.